The van der Waals surface area contributed by atoms with Crippen LogP contribution in [-0.4, -0.2) is 82.8 Å². The predicted molar refractivity (Wildman–Crippen MR) is 134 cm³/mol. The summed E-state index contributed by atoms with van der Waals surface area (Å²) in [5.74, 6) is 0.936. The van der Waals surface area contributed by atoms with Crippen LogP contribution in [0.15, 0.2) is 42.7 Å². The average Bonchev–Trinajstić information content (AvgIpc) is 3.41. The molecule has 1 unspecified atom stereocenters. The number of benzene rings is 1. The van der Waals surface area contributed by atoms with E-state index >= 15 is 0 Å². The smallest absolute Gasteiger partial charge is 0.273 e. The number of fused-ring (bicyclic) bond motifs is 7. The summed E-state index contributed by atoms with van der Waals surface area (Å²) in [5.41, 5.74) is 1.35. The van der Waals surface area contributed by atoms with Crippen molar-refractivity contribution in [3.63, 3.8) is 0 Å². The number of morpholine rings is 1. The van der Waals surface area contributed by atoms with E-state index in [-0.39, 0.29) is 30.2 Å². The van der Waals surface area contributed by atoms with Gasteiger partial charge in [0.05, 0.1) is 32.6 Å². The summed E-state index contributed by atoms with van der Waals surface area (Å²) in [5, 5.41) is 11.2. The van der Waals surface area contributed by atoms with Gasteiger partial charge in [-0.1, -0.05) is 5.21 Å². The molecule has 5 rings (SSSR count). The molecule has 1 atom stereocenters. The Morgan fingerprint density at radius 3 is 2.92 bits per heavy atom. The van der Waals surface area contributed by atoms with Crippen molar-refractivity contribution >= 4 is 11.8 Å². The van der Waals surface area contributed by atoms with Crippen molar-refractivity contribution in [2.75, 3.05) is 40.0 Å². The van der Waals surface area contributed by atoms with Gasteiger partial charge in [-0.05, 0) is 36.8 Å². The Balaban J connectivity index is 1.37. The number of rotatable bonds is 1. The van der Waals surface area contributed by atoms with Crippen molar-refractivity contribution in [1.82, 2.24) is 30.2 Å². The zero-order valence-corrected chi connectivity index (χ0v) is 21.2. The fraction of sp³-hybridized carbons (Fsp3) is 0.423. The first-order valence-electron chi connectivity index (χ1n) is 12.6. The van der Waals surface area contributed by atoms with Gasteiger partial charge in [-0.15, -0.1) is 5.10 Å². The number of aromatic nitrogens is 4. The maximum absolute atomic E-state index is 13.3. The lowest BCUT2D eigenvalue weighted by atomic mass is 10.1. The fourth-order valence-electron chi connectivity index (χ4n) is 4.37. The minimum absolute atomic E-state index is 0.127. The molecule has 0 spiro atoms. The van der Waals surface area contributed by atoms with Gasteiger partial charge in [0.2, 0.25) is 0 Å². The van der Waals surface area contributed by atoms with E-state index in [0.717, 1.165) is 0 Å². The molecule has 0 aliphatic carbocycles. The Morgan fingerprint density at radius 2 is 2.03 bits per heavy atom. The van der Waals surface area contributed by atoms with Crippen molar-refractivity contribution < 1.29 is 28.5 Å². The molecule has 2 amide bonds. The summed E-state index contributed by atoms with van der Waals surface area (Å²) >= 11 is 0. The number of nitrogens with one attached hydrogen (secondary N) is 1. The number of amides is 2. The molecule has 38 heavy (non-hydrogen) atoms. The highest BCUT2D eigenvalue weighted by atomic mass is 16.5. The SMILES string of the molecule is COc1ccc2cc1OCc1cn(nn1)CCCOc1cccnc1C(=O)NCCC1CN(CCO1)C2=O. The van der Waals surface area contributed by atoms with Crippen molar-refractivity contribution in [2.45, 2.75) is 32.1 Å². The third-order valence-electron chi connectivity index (χ3n) is 6.32. The summed E-state index contributed by atoms with van der Waals surface area (Å²) < 4.78 is 24.8. The summed E-state index contributed by atoms with van der Waals surface area (Å²) in [4.78, 5) is 32.1. The molecular formula is C26H30N6O6. The van der Waals surface area contributed by atoms with E-state index in [1.807, 2.05) is 0 Å². The van der Waals surface area contributed by atoms with E-state index in [1.165, 1.54) is 0 Å². The summed E-state index contributed by atoms with van der Waals surface area (Å²) in [6, 6.07) is 8.58. The van der Waals surface area contributed by atoms with Crippen LogP contribution in [-0.2, 0) is 17.9 Å². The Kier molecular flexibility index (Phi) is 7.98. The van der Waals surface area contributed by atoms with E-state index in [2.05, 4.69) is 20.6 Å². The van der Waals surface area contributed by atoms with E-state index in [4.69, 9.17) is 18.9 Å². The molecule has 0 saturated carbocycles. The first kappa shape index (κ1) is 25.5. The minimum atomic E-state index is -0.321. The summed E-state index contributed by atoms with van der Waals surface area (Å²) in [7, 11) is 1.55. The molecule has 12 nitrogen and oxygen atoms in total. The molecule has 200 valence electrons. The largest absolute Gasteiger partial charge is 0.493 e. The van der Waals surface area contributed by atoms with Gasteiger partial charge in [0.1, 0.15) is 12.3 Å². The van der Waals surface area contributed by atoms with Crippen LogP contribution in [0.4, 0.5) is 0 Å². The fourth-order valence-corrected chi connectivity index (χ4v) is 4.37. The van der Waals surface area contributed by atoms with E-state index in [9.17, 15) is 9.59 Å². The van der Waals surface area contributed by atoms with Crippen LogP contribution >= 0.6 is 0 Å². The van der Waals surface area contributed by atoms with Crippen molar-refractivity contribution in [3.05, 3.63) is 59.7 Å². The van der Waals surface area contributed by atoms with Crippen LogP contribution in [0, 0.1) is 0 Å². The normalized spacial score (nSPS) is 19.1. The monoisotopic (exact) mass is 522 g/mol. The molecule has 6 bridgehead atoms. The second kappa shape index (κ2) is 11.9. The van der Waals surface area contributed by atoms with Gasteiger partial charge >= 0.3 is 0 Å². The van der Waals surface area contributed by atoms with Crippen molar-refractivity contribution in [1.29, 1.82) is 0 Å². The first-order chi connectivity index (χ1) is 18.6. The molecule has 2 aliphatic heterocycles. The number of hydrogen-bond acceptors (Lipinski definition) is 9. The van der Waals surface area contributed by atoms with E-state index in [0.29, 0.717) is 80.7 Å². The molecule has 1 N–H and O–H groups in total. The van der Waals surface area contributed by atoms with Crippen molar-refractivity contribution in [2.24, 2.45) is 0 Å². The number of hydrogen-bond donors (Lipinski definition) is 1. The number of ether oxygens (including phenoxy) is 4. The summed E-state index contributed by atoms with van der Waals surface area (Å²) in [6.07, 6.45) is 4.34. The second-order valence-electron chi connectivity index (χ2n) is 8.97. The number of carbonyl (C=O) groups excluding carboxylic acids is 2. The van der Waals surface area contributed by atoms with Crippen LogP contribution < -0.4 is 19.5 Å². The average molecular weight is 523 g/mol. The third kappa shape index (κ3) is 6.02. The van der Waals surface area contributed by atoms with Crippen LogP contribution in [0.25, 0.3) is 0 Å². The van der Waals surface area contributed by atoms with Crippen LogP contribution in [0.5, 0.6) is 17.2 Å². The van der Waals surface area contributed by atoms with Gasteiger partial charge in [0.15, 0.2) is 22.9 Å². The molecule has 1 fully saturated rings. The number of methoxy groups -OCH3 is 1. The Bertz CT molecular complexity index is 1280. The van der Waals surface area contributed by atoms with Gasteiger partial charge < -0.3 is 29.2 Å². The number of carbonyl (C=O) groups is 2. The molecule has 1 aromatic carbocycles. The molecule has 2 aromatic heterocycles. The standard InChI is InChI=1S/C26H30N6O6/c1-35-21-6-5-18-14-23(21)38-17-19-15-32(30-29-19)10-3-12-37-22-4-2-8-27-24(22)25(33)28-9-7-20-16-31(26(18)34)11-13-36-20/h2,4-6,8,14-15,20H,3,7,9-13,16-17H2,1H3,(H,28,33). The molecular weight excluding hydrogens is 492 g/mol. The Labute approximate surface area is 219 Å². The first-order valence-corrected chi connectivity index (χ1v) is 12.6. The van der Waals surface area contributed by atoms with Crippen LogP contribution in [0.1, 0.15) is 39.4 Å². The highest BCUT2D eigenvalue weighted by molar-refractivity contribution is 5.95. The number of nitrogens with zero attached hydrogens (tertiary/aromatic N) is 5. The van der Waals surface area contributed by atoms with E-state index in [1.54, 1.807) is 59.4 Å². The van der Waals surface area contributed by atoms with Crippen LogP contribution in [0.2, 0.25) is 0 Å². The molecule has 4 heterocycles. The highest BCUT2D eigenvalue weighted by Gasteiger charge is 2.26. The third-order valence-corrected chi connectivity index (χ3v) is 6.32. The molecule has 0 radical (unpaired) electrons. The maximum atomic E-state index is 13.3. The Hall–Kier alpha value is -4.19. The van der Waals surface area contributed by atoms with Crippen molar-refractivity contribution in [3.8, 4) is 17.2 Å². The van der Waals surface area contributed by atoms with Gasteiger partial charge in [-0.2, -0.15) is 0 Å². The quantitative estimate of drug-likeness (QED) is 0.508. The molecule has 1 saturated heterocycles. The zero-order chi connectivity index (χ0) is 26.3. The highest BCUT2D eigenvalue weighted by Crippen LogP contribution is 2.29. The molecule has 12 heteroatoms. The lowest BCUT2D eigenvalue weighted by molar-refractivity contribution is -0.0243. The lowest BCUT2D eigenvalue weighted by Gasteiger charge is -2.33. The topological polar surface area (TPSA) is 130 Å². The van der Waals surface area contributed by atoms with Gasteiger partial charge in [-0.3, -0.25) is 14.3 Å². The van der Waals surface area contributed by atoms with Crippen LogP contribution in [0.3, 0.4) is 0 Å². The number of aryl methyl sites for hydroxylation is 1. The lowest BCUT2D eigenvalue weighted by Crippen LogP contribution is -2.46. The Morgan fingerprint density at radius 1 is 1.11 bits per heavy atom. The van der Waals surface area contributed by atoms with Gasteiger partial charge in [0.25, 0.3) is 11.8 Å². The molecule has 2 aliphatic rings. The van der Waals surface area contributed by atoms with E-state index < -0.39 is 0 Å². The van der Waals surface area contributed by atoms with Gasteiger partial charge in [0, 0.05) is 44.4 Å². The zero-order valence-electron chi connectivity index (χ0n) is 21.2. The molecule has 3 aromatic rings. The summed E-state index contributed by atoms with van der Waals surface area (Å²) in [6.45, 7) is 2.78. The van der Waals surface area contributed by atoms with Gasteiger partial charge in [-0.25, -0.2) is 4.98 Å². The second-order valence-corrected chi connectivity index (χ2v) is 8.97. The minimum Gasteiger partial charge on any atom is -0.493 e. The number of pyridine rings is 1. The predicted octanol–water partition coefficient (Wildman–Crippen LogP) is 1.70. The maximum Gasteiger partial charge on any atom is 0.273 e.